The van der Waals surface area contributed by atoms with Gasteiger partial charge >= 0.3 is 0 Å². The normalized spacial score (nSPS) is 14.8. The molecule has 0 radical (unpaired) electrons. The zero-order chi connectivity index (χ0) is 16.1. The van der Waals surface area contributed by atoms with Crippen molar-refractivity contribution in [3.63, 3.8) is 0 Å². The van der Waals surface area contributed by atoms with Crippen LogP contribution in [0.1, 0.15) is 29.2 Å². The summed E-state index contributed by atoms with van der Waals surface area (Å²) < 4.78 is 13.3. The zero-order valence-electron chi connectivity index (χ0n) is 13.1. The van der Waals surface area contributed by atoms with E-state index in [0.29, 0.717) is 0 Å². The van der Waals surface area contributed by atoms with Gasteiger partial charge in [0.05, 0.1) is 16.0 Å². The Bertz CT molecular complexity index is 754. The highest BCUT2D eigenvalue weighted by molar-refractivity contribution is 7.85. The molecule has 3 atom stereocenters. The predicted octanol–water partition coefficient (Wildman–Crippen LogP) is 5.34. The fourth-order valence-corrected chi connectivity index (χ4v) is 4.52. The van der Waals surface area contributed by atoms with E-state index in [1.54, 1.807) is 0 Å². The zero-order valence-corrected chi connectivity index (χ0v) is 13.9. The summed E-state index contributed by atoms with van der Waals surface area (Å²) in [5, 5.41) is -0.0685. The van der Waals surface area contributed by atoms with Gasteiger partial charge in [-0.25, -0.2) is 0 Å². The standard InChI is InChI=1S/C21H20OS/c1-17(18-11-5-2-6-12-18)21(19-13-7-3-8-14-19)23(22)20-15-9-4-10-16-20/h2-17,21H,1H3/t17-,21+,23-/m1/s1. The molecule has 0 aliphatic rings. The lowest BCUT2D eigenvalue weighted by molar-refractivity contribution is 0.649. The maximum atomic E-state index is 13.3. The second-order valence-corrected chi connectivity index (χ2v) is 7.22. The average molecular weight is 320 g/mol. The highest BCUT2D eigenvalue weighted by Gasteiger charge is 2.27. The average Bonchev–Trinajstić information content (AvgIpc) is 2.64. The number of rotatable bonds is 5. The lowest BCUT2D eigenvalue weighted by Gasteiger charge is -2.24. The molecule has 0 aliphatic carbocycles. The van der Waals surface area contributed by atoms with Crippen LogP contribution in [0.2, 0.25) is 0 Å². The van der Waals surface area contributed by atoms with Crippen molar-refractivity contribution < 1.29 is 4.21 Å². The first kappa shape index (κ1) is 15.7. The van der Waals surface area contributed by atoms with E-state index < -0.39 is 10.8 Å². The van der Waals surface area contributed by atoms with Crippen molar-refractivity contribution in [1.82, 2.24) is 0 Å². The van der Waals surface area contributed by atoms with Crippen molar-refractivity contribution in [1.29, 1.82) is 0 Å². The van der Waals surface area contributed by atoms with Gasteiger partial charge in [0, 0.05) is 4.90 Å². The number of benzene rings is 3. The van der Waals surface area contributed by atoms with Gasteiger partial charge in [0.15, 0.2) is 0 Å². The molecular formula is C21H20OS. The van der Waals surface area contributed by atoms with Crippen molar-refractivity contribution in [3.8, 4) is 0 Å². The van der Waals surface area contributed by atoms with E-state index in [1.807, 2.05) is 66.7 Å². The van der Waals surface area contributed by atoms with E-state index >= 15 is 0 Å². The van der Waals surface area contributed by atoms with Gasteiger partial charge in [0.1, 0.15) is 0 Å². The van der Waals surface area contributed by atoms with Gasteiger partial charge in [-0.1, -0.05) is 85.8 Å². The summed E-state index contributed by atoms with van der Waals surface area (Å²) in [5.74, 6) is 0.166. The Kier molecular flexibility index (Phi) is 5.04. The topological polar surface area (TPSA) is 17.1 Å². The molecule has 0 amide bonds. The van der Waals surface area contributed by atoms with Crippen LogP contribution in [0.4, 0.5) is 0 Å². The van der Waals surface area contributed by atoms with Crippen LogP contribution in [-0.2, 0) is 10.8 Å². The Labute approximate surface area is 140 Å². The molecule has 3 aromatic carbocycles. The minimum atomic E-state index is -1.10. The molecule has 0 spiro atoms. The smallest absolute Gasteiger partial charge is 0.0709 e. The molecule has 0 fully saturated rings. The van der Waals surface area contributed by atoms with Crippen LogP contribution in [-0.4, -0.2) is 4.21 Å². The van der Waals surface area contributed by atoms with E-state index in [9.17, 15) is 4.21 Å². The van der Waals surface area contributed by atoms with Crippen molar-refractivity contribution >= 4 is 10.8 Å². The third-order valence-electron chi connectivity index (χ3n) is 4.11. The molecule has 23 heavy (non-hydrogen) atoms. The molecule has 1 nitrogen and oxygen atoms in total. The highest BCUT2D eigenvalue weighted by Crippen LogP contribution is 2.37. The summed E-state index contributed by atoms with van der Waals surface area (Å²) in [6.07, 6.45) is 0. The van der Waals surface area contributed by atoms with Gasteiger partial charge in [-0.05, 0) is 29.2 Å². The first-order chi connectivity index (χ1) is 11.3. The summed E-state index contributed by atoms with van der Waals surface area (Å²) in [6.45, 7) is 2.16. The van der Waals surface area contributed by atoms with Crippen molar-refractivity contribution in [2.75, 3.05) is 0 Å². The van der Waals surface area contributed by atoms with Crippen LogP contribution < -0.4 is 0 Å². The number of hydrogen-bond acceptors (Lipinski definition) is 1. The Hall–Kier alpha value is -2.19. The Morgan fingerprint density at radius 2 is 1.09 bits per heavy atom. The minimum Gasteiger partial charge on any atom is -0.254 e. The maximum Gasteiger partial charge on any atom is 0.0709 e. The van der Waals surface area contributed by atoms with Crippen LogP contribution in [0.5, 0.6) is 0 Å². The van der Waals surface area contributed by atoms with Crippen LogP contribution in [0, 0.1) is 0 Å². The summed E-state index contributed by atoms with van der Waals surface area (Å²) in [4.78, 5) is 0.879. The first-order valence-corrected chi connectivity index (χ1v) is 9.04. The van der Waals surface area contributed by atoms with E-state index in [2.05, 4.69) is 31.2 Å². The molecule has 0 saturated carbocycles. The van der Waals surface area contributed by atoms with Crippen LogP contribution >= 0.6 is 0 Å². The van der Waals surface area contributed by atoms with Crippen molar-refractivity contribution in [2.24, 2.45) is 0 Å². The van der Waals surface area contributed by atoms with Crippen molar-refractivity contribution in [2.45, 2.75) is 23.0 Å². The summed E-state index contributed by atoms with van der Waals surface area (Å²) >= 11 is 0. The predicted molar refractivity (Wildman–Crippen MR) is 96.9 cm³/mol. The fourth-order valence-electron chi connectivity index (χ4n) is 2.87. The molecule has 0 heterocycles. The van der Waals surface area contributed by atoms with Gasteiger partial charge in [-0.3, -0.25) is 4.21 Å². The molecule has 116 valence electrons. The monoisotopic (exact) mass is 320 g/mol. The molecule has 0 aliphatic heterocycles. The molecule has 0 unspecified atom stereocenters. The molecule has 0 N–H and O–H groups in total. The summed E-state index contributed by atoms with van der Waals surface area (Å²) in [5.41, 5.74) is 2.33. The van der Waals surface area contributed by atoms with E-state index in [-0.39, 0.29) is 11.2 Å². The van der Waals surface area contributed by atoms with E-state index in [1.165, 1.54) is 5.56 Å². The van der Waals surface area contributed by atoms with Gasteiger partial charge in [-0.15, -0.1) is 0 Å². The quantitative estimate of drug-likeness (QED) is 0.620. The van der Waals surface area contributed by atoms with Crippen LogP contribution in [0.3, 0.4) is 0 Å². The molecule has 0 saturated heterocycles. The second kappa shape index (κ2) is 7.38. The lowest BCUT2D eigenvalue weighted by atomic mass is 9.93. The molecule has 2 heteroatoms. The molecule has 3 rings (SSSR count). The van der Waals surface area contributed by atoms with Gasteiger partial charge < -0.3 is 0 Å². The maximum absolute atomic E-state index is 13.3. The van der Waals surface area contributed by atoms with Gasteiger partial charge in [0.2, 0.25) is 0 Å². The van der Waals surface area contributed by atoms with Crippen LogP contribution in [0.25, 0.3) is 0 Å². The molecule has 0 bridgehead atoms. The minimum absolute atomic E-state index is 0.0685. The number of hydrogen-bond donors (Lipinski definition) is 0. The largest absolute Gasteiger partial charge is 0.254 e. The second-order valence-electron chi connectivity index (χ2n) is 5.64. The highest BCUT2D eigenvalue weighted by atomic mass is 32.2. The Morgan fingerprint density at radius 1 is 0.652 bits per heavy atom. The van der Waals surface area contributed by atoms with E-state index in [4.69, 9.17) is 0 Å². The Balaban J connectivity index is 2.03. The molecule has 0 aromatic heterocycles. The third-order valence-corrected chi connectivity index (χ3v) is 5.99. The first-order valence-electron chi connectivity index (χ1n) is 7.83. The molecular weight excluding hydrogens is 300 g/mol. The summed E-state index contributed by atoms with van der Waals surface area (Å²) in [7, 11) is -1.10. The lowest BCUT2D eigenvalue weighted by Crippen LogP contribution is -2.14. The Morgan fingerprint density at radius 3 is 1.61 bits per heavy atom. The van der Waals surface area contributed by atoms with Gasteiger partial charge in [0.25, 0.3) is 0 Å². The van der Waals surface area contributed by atoms with E-state index in [0.717, 1.165) is 10.5 Å². The van der Waals surface area contributed by atoms with Gasteiger partial charge in [-0.2, -0.15) is 0 Å². The summed E-state index contributed by atoms with van der Waals surface area (Å²) in [6, 6.07) is 30.3. The van der Waals surface area contributed by atoms with Crippen LogP contribution in [0.15, 0.2) is 95.9 Å². The van der Waals surface area contributed by atoms with Crippen molar-refractivity contribution in [3.05, 3.63) is 102 Å². The molecule has 3 aromatic rings. The SMILES string of the molecule is C[C@H](c1ccccc1)[C@@H](c1ccccc1)[S@](=O)c1ccccc1. The fraction of sp³-hybridized carbons (Fsp3) is 0.143. The third kappa shape index (κ3) is 3.59.